The topological polar surface area (TPSA) is 88.1 Å². The number of carbonyl (C=O) groups is 1. The van der Waals surface area contributed by atoms with Crippen LogP contribution < -0.4 is 24.3 Å². The van der Waals surface area contributed by atoms with Crippen molar-refractivity contribution in [2.75, 3.05) is 40.1 Å². The number of ether oxygens (including phenoxy) is 5. The van der Waals surface area contributed by atoms with Crippen LogP contribution in [-0.2, 0) is 11.3 Å². The Morgan fingerprint density at radius 2 is 1.60 bits per heavy atom. The number of pyridine rings is 1. The molecule has 164 valence electrons. The summed E-state index contributed by atoms with van der Waals surface area (Å²) in [5.74, 6) is 1.73. The highest BCUT2D eigenvalue weighted by Crippen LogP contribution is 2.39. The molecule has 1 aromatic carbocycles. The normalized spacial score (nSPS) is 10.4. The standard InChI is InChI=1S/C22H30N2O6/c1-5-27-18-12-17(13-19(28-6-2)21(18)29-7-3)22(25)24-15-16-8-9-20(23-14-16)30-11-10-26-4/h8-9,12-14H,5-7,10-11,15H2,1-4H3,(H,24,25). The van der Waals surface area contributed by atoms with Crippen LogP contribution in [0.5, 0.6) is 23.1 Å². The molecule has 1 N–H and O–H groups in total. The third-order valence-electron chi connectivity index (χ3n) is 3.96. The van der Waals surface area contributed by atoms with E-state index in [4.69, 9.17) is 23.7 Å². The Balaban J connectivity index is 2.08. The van der Waals surface area contributed by atoms with Gasteiger partial charge in [-0.1, -0.05) is 6.07 Å². The lowest BCUT2D eigenvalue weighted by atomic mass is 10.1. The van der Waals surface area contributed by atoms with Crippen molar-refractivity contribution in [3.05, 3.63) is 41.6 Å². The number of amides is 1. The Morgan fingerprint density at radius 1 is 0.933 bits per heavy atom. The summed E-state index contributed by atoms with van der Waals surface area (Å²) in [4.78, 5) is 16.9. The third kappa shape index (κ3) is 6.81. The molecule has 0 fully saturated rings. The van der Waals surface area contributed by atoms with Gasteiger partial charge in [0.25, 0.3) is 5.91 Å². The first-order valence-corrected chi connectivity index (χ1v) is 10.0. The lowest BCUT2D eigenvalue weighted by Crippen LogP contribution is -2.23. The van der Waals surface area contributed by atoms with E-state index < -0.39 is 0 Å². The van der Waals surface area contributed by atoms with Gasteiger partial charge in [0.2, 0.25) is 11.6 Å². The number of nitrogens with one attached hydrogen (secondary N) is 1. The molecule has 1 aromatic heterocycles. The van der Waals surface area contributed by atoms with Crippen molar-refractivity contribution >= 4 is 5.91 Å². The second-order valence-corrected chi connectivity index (χ2v) is 6.13. The molecule has 1 amide bonds. The number of hydrogen-bond donors (Lipinski definition) is 1. The Bertz CT molecular complexity index is 768. The molecule has 0 aliphatic carbocycles. The van der Waals surface area contributed by atoms with Crippen molar-refractivity contribution in [2.24, 2.45) is 0 Å². The van der Waals surface area contributed by atoms with Gasteiger partial charge in [-0.05, 0) is 38.5 Å². The van der Waals surface area contributed by atoms with Crippen molar-refractivity contribution in [1.82, 2.24) is 10.3 Å². The number of rotatable bonds is 13. The first-order valence-electron chi connectivity index (χ1n) is 10.0. The van der Waals surface area contributed by atoms with Gasteiger partial charge in [-0.3, -0.25) is 4.79 Å². The molecule has 0 radical (unpaired) electrons. The van der Waals surface area contributed by atoms with Gasteiger partial charge >= 0.3 is 0 Å². The minimum absolute atomic E-state index is 0.250. The quantitative estimate of drug-likeness (QED) is 0.500. The first kappa shape index (κ1) is 23.3. The average Bonchev–Trinajstić information content (AvgIpc) is 2.75. The van der Waals surface area contributed by atoms with E-state index in [0.717, 1.165) is 5.56 Å². The van der Waals surface area contributed by atoms with Crippen LogP contribution in [0.4, 0.5) is 0 Å². The maximum absolute atomic E-state index is 12.7. The van der Waals surface area contributed by atoms with Crippen molar-refractivity contribution in [3.8, 4) is 23.1 Å². The van der Waals surface area contributed by atoms with Gasteiger partial charge in [-0.2, -0.15) is 0 Å². The van der Waals surface area contributed by atoms with Gasteiger partial charge in [-0.15, -0.1) is 0 Å². The monoisotopic (exact) mass is 418 g/mol. The van der Waals surface area contributed by atoms with E-state index in [9.17, 15) is 4.79 Å². The summed E-state index contributed by atoms with van der Waals surface area (Å²) in [5, 5.41) is 2.89. The lowest BCUT2D eigenvalue weighted by Gasteiger charge is -2.17. The minimum atomic E-state index is -0.250. The van der Waals surface area contributed by atoms with Gasteiger partial charge in [0.1, 0.15) is 6.61 Å². The van der Waals surface area contributed by atoms with Crippen LogP contribution in [0, 0.1) is 0 Å². The lowest BCUT2D eigenvalue weighted by molar-refractivity contribution is 0.0949. The van der Waals surface area contributed by atoms with Crippen LogP contribution in [0.1, 0.15) is 36.7 Å². The summed E-state index contributed by atoms with van der Waals surface area (Å²) in [6.07, 6.45) is 1.66. The molecule has 0 atom stereocenters. The largest absolute Gasteiger partial charge is 0.490 e. The van der Waals surface area contributed by atoms with Crippen molar-refractivity contribution < 1.29 is 28.5 Å². The first-order chi connectivity index (χ1) is 14.6. The molecule has 0 saturated carbocycles. The fourth-order valence-corrected chi connectivity index (χ4v) is 2.63. The summed E-state index contributed by atoms with van der Waals surface area (Å²) in [6, 6.07) is 6.94. The van der Waals surface area contributed by atoms with E-state index in [-0.39, 0.29) is 5.91 Å². The molecule has 30 heavy (non-hydrogen) atoms. The van der Waals surface area contributed by atoms with Gasteiger partial charge in [0.05, 0.1) is 26.4 Å². The highest BCUT2D eigenvalue weighted by molar-refractivity contribution is 5.95. The predicted molar refractivity (Wildman–Crippen MR) is 113 cm³/mol. The van der Waals surface area contributed by atoms with Crippen molar-refractivity contribution in [1.29, 1.82) is 0 Å². The Kier molecular flexibility index (Phi) is 9.73. The average molecular weight is 418 g/mol. The molecule has 8 nitrogen and oxygen atoms in total. The van der Waals surface area contributed by atoms with Crippen molar-refractivity contribution in [2.45, 2.75) is 27.3 Å². The van der Waals surface area contributed by atoms with Crippen LogP contribution >= 0.6 is 0 Å². The van der Waals surface area contributed by atoms with E-state index >= 15 is 0 Å². The van der Waals surface area contributed by atoms with Gasteiger partial charge < -0.3 is 29.0 Å². The van der Waals surface area contributed by atoms with Crippen LogP contribution in [0.25, 0.3) is 0 Å². The maximum atomic E-state index is 12.7. The Hall–Kier alpha value is -3.00. The molecule has 0 bridgehead atoms. The fraction of sp³-hybridized carbons (Fsp3) is 0.455. The molecule has 0 saturated heterocycles. The van der Waals surface area contributed by atoms with Gasteiger partial charge in [0, 0.05) is 31.5 Å². The third-order valence-corrected chi connectivity index (χ3v) is 3.96. The molecule has 0 aliphatic rings. The van der Waals surface area contributed by atoms with E-state index in [1.807, 2.05) is 26.8 Å². The zero-order valence-corrected chi connectivity index (χ0v) is 18.0. The van der Waals surface area contributed by atoms with Crippen LogP contribution in [0.3, 0.4) is 0 Å². The van der Waals surface area contributed by atoms with E-state index in [0.29, 0.717) is 68.3 Å². The molecular weight excluding hydrogens is 388 g/mol. The zero-order chi connectivity index (χ0) is 21.8. The maximum Gasteiger partial charge on any atom is 0.251 e. The Labute approximate surface area is 177 Å². The molecular formula is C22H30N2O6. The predicted octanol–water partition coefficient (Wildman–Crippen LogP) is 3.23. The molecule has 8 heteroatoms. The highest BCUT2D eigenvalue weighted by Gasteiger charge is 2.18. The van der Waals surface area contributed by atoms with Crippen LogP contribution in [0.2, 0.25) is 0 Å². The molecule has 0 unspecified atom stereocenters. The summed E-state index contributed by atoms with van der Waals surface area (Å²) in [5.41, 5.74) is 1.28. The fourth-order valence-electron chi connectivity index (χ4n) is 2.63. The number of hydrogen-bond acceptors (Lipinski definition) is 7. The molecule has 0 spiro atoms. The summed E-state index contributed by atoms with van der Waals surface area (Å²) in [6.45, 7) is 8.24. The van der Waals surface area contributed by atoms with E-state index in [1.165, 1.54) is 0 Å². The SMILES string of the molecule is CCOc1cc(C(=O)NCc2ccc(OCCOC)nc2)cc(OCC)c1OCC. The molecule has 1 heterocycles. The number of methoxy groups -OCH3 is 1. The van der Waals surface area contributed by atoms with E-state index in [1.54, 1.807) is 31.5 Å². The highest BCUT2D eigenvalue weighted by atomic mass is 16.5. The van der Waals surface area contributed by atoms with Crippen molar-refractivity contribution in [3.63, 3.8) is 0 Å². The second kappa shape index (κ2) is 12.5. The number of nitrogens with zero attached hydrogens (tertiary/aromatic N) is 1. The summed E-state index contributed by atoms with van der Waals surface area (Å²) < 4.78 is 27.4. The number of aromatic nitrogens is 1. The summed E-state index contributed by atoms with van der Waals surface area (Å²) in [7, 11) is 1.61. The van der Waals surface area contributed by atoms with Gasteiger partial charge in [0.15, 0.2) is 11.5 Å². The number of carbonyl (C=O) groups excluding carboxylic acids is 1. The smallest absolute Gasteiger partial charge is 0.251 e. The summed E-state index contributed by atoms with van der Waals surface area (Å²) >= 11 is 0. The minimum Gasteiger partial charge on any atom is -0.490 e. The number of benzene rings is 1. The van der Waals surface area contributed by atoms with Crippen LogP contribution in [-0.4, -0.2) is 51.0 Å². The van der Waals surface area contributed by atoms with Gasteiger partial charge in [-0.25, -0.2) is 4.98 Å². The molecule has 2 aromatic rings. The molecule has 0 aliphatic heterocycles. The zero-order valence-electron chi connectivity index (χ0n) is 18.0. The Morgan fingerprint density at radius 3 is 2.13 bits per heavy atom. The van der Waals surface area contributed by atoms with E-state index in [2.05, 4.69) is 10.3 Å². The second-order valence-electron chi connectivity index (χ2n) is 6.13. The molecule has 2 rings (SSSR count). The van der Waals surface area contributed by atoms with Crippen LogP contribution in [0.15, 0.2) is 30.5 Å².